The van der Waals surface area contributed by atoms with Crippen LogP contribution in [-0.4, -0.2) is 84.9 Å². The van der Waals surface area contributed by atoms with E-state index in [0.717, 1.165) is 25.7 Å². The molecule has 0 saturated carbocycles. The van der Waals surface area contributed by atoms with E-state index in [0.29, 0.717) is 32.6 Å². The van der Waals surface area contributed by atoms with Crippen LogP contribution in [0.3, 0.4) is 0 Å². The molecule has 1 N–H and O–H groups in total. The van der Waals surface area contributed by atoms with E-state index in [1.165, 1.54) is 58.8 Å². The number of nitrogens with zero attached hydrogens (tertiary/aromatic N) is 2. The Balaban J connectivity index is 2.20. The molecule has 0 aromatic carbocycles. The summed E-state index contributed by atoms with van der Waals surface area (Å²) in [4.78, 5) is 64.5. The number of unbranched alkanes of at least 4 members (excludes halogenated alkanes) is 8. The molecule has 0 bridgehead atoms. The summed E-state index contributed by atoms with van der Waals surface area (Å²) in [5.41, 5.74) is -0.961. The molecule has 1 atom stereocenters. The average Bonchev–Trinajstić information content (AvgIpc) is 3.00. The van der Waals surface area contributed by atoms with Crippen LogP contribution in [-0.2, 0) is 33.4 Å². The van der Waals surface area contributed by atoms with Gasteiger partial charge in [0, 0.05) is 64.8 Å². The van der Waals surface area contributed by atoms with E-state index in [4.69, 9.17) is 9.47 Å². The topological polar surface area (TPSA) is 122 Å². The Kier molecular flexibility index (Phi) is 20.6. The third-order valence-electron chi connectivity index (χ3n) is 7.85. The first-order valence-corrected chi connectivity index (χ1v) is 16.9. The second-order valence-electron chi connectivity index (χ2n) is 12.5. The first kappa shape index (κ1) is 39.9. The predicted molar refractivity (Wildman–Crippen MR) is 176 cm³/mol. The fraction of sp³-hybridized carbons (Fsp3) is 0.743. The largest absolute Gasteiger partial charge is 0.465 e. The van der Waals surface area contributed by atoms with E-state index in [2.05, 4.69) is 36.5 Å². The van der Waals surface area contributed by atoms with Crippen LogP contribution in [0.5, 0.6) is 0 Å². The van der Waals surface area contributed by atoms with Crippen LogP contribution in [0.4, 0.5) is 0 Å². The Labute approximate surface area is 271 Å². The van der Waals surface area contributed by atoms with Crippen LogP contribution >= 0.6 is 0 Å². The number of amides is 3. The molecule has 256 valence electrons. The van der Waals surface area contributed by atoms with Gasteiger partial charge in [0.1, 0.15) is 6.61 Å². The van der Waals surface area contributed by atoms with E-state index in [1.807, 2.05) is 4.90 Å². The molecule has 1 aliphatic heterocycles. The van der Waals surface area contributed by atoms with Gasteiger partial charge in [-0.3, -0.25) is 24.0 Å². The molecule has 0 radical (unpaired) electrons. The monoisotopic (exact) mass is 633 g/mol. The highest BCUT2D eigenvalue weighted by Gasteiger charge is 2.39. The number of ether oxygens (including phenoxy) is 2. The number of piperazine rings is 1. The molecular weight excluding hydrogens is 574 g/mol. The van der Waals surface area contributed by atoms with Gasteiger partial charge in [0.15, 0.2) is 6.10 Å². The summed E-state index contributed by atoms with van der Waals surface area (Å²) in [6, 6.07) is 0. The van der Waals surface area contributed by atoms with Crippen LogP contribution < -0.4 is 5.32 Å². The lowest BCUT2D eigenvalue weighted by atomic mass is 9.86. The highest BCUT2D eigenvalue weighted by atomic mass is 16.6. The molecular formula is C35H59N3O7. The lowest BCUT2D eigenvalue weighted by Gasteiger charge is -2.35. The van der Waals surface area contributed by atoms with Gasteiger partial charge in [-0.15, -0.1) is 0 Å². The lowest BCUT2D eigenvalue weighted by Crippen LogP contribution is -2.51. The Morgan fingerprint density at radius 3 is 1.82 bits per heavy atom. The SMILES string of the molecule is CCC=CCC=CCCCCCCCCCCC(=O)N1CCN(C(=O)CCNC(=O)C(OC(C)=O)C(C)(C)COC(C)=O)CC1. The van der Waals surface area contributed by atoms with E-state index in [-0.39, 0.29) is 31.4 Å². The van der Waals surface area contributed by atoms with Crippen molar-refractivity contribution in [3.05, 3.63) is 24.3 Å². The molecule has 1 rings (SSSR count). The summed E-state index contributed by atoms with van der Waals surface area (Å²) in [5, 5.41) is 2.67. The van der Waals surface area contributed by atoms with Crippen molar-refractivity contribution in [3.63, 3.8) is 0 Å². The summed E-state index contributed by atoms with van der Waals surface area (Å²) in [6.45, 7) is 9.87. The quantitative estimate of drug-likeness (QED) is 0.0949. The number of hydrogen-bond donors (Lipinski definition) is 1. The molecule has 1 saturated heterocycles. The van der Waals surface area contributed by atoms with E-state index < -0.39 is 29.4 Å². The molecule has 3 amide bonds. The highest BCUT2D eigenvalue weighted by Crippen LogP contribution is 2.25. The molecule has 1 aliphatic rings. The number of carbonyl (C=O) groups is 5. The molecule has 1 unspecified atom stereocenters. The maximum Gasteiger partial charge on any atom is 0.303 e. The summed E-state index contributed by atoms with van der Waals surface area (Å²) >= 11 is 0. The van der Waals surface area contributed by atoms with Crippen molar-refractivity contribution < 1.29 is 33.4 Å². The Morgan fingerprint density at radius 2 is 1.27 bits per heavy atom. The normalized spacial score (nSPS) is 14.5. The summed E-state index contributed by atoms with van der Waals surface area (Å²) in [6.07, 6.45) is 21.2. The van der Waals surface area contributed by atoms with Crippen molar-refractivity contribution in [1.29, 1.82) is 0 Å². The van der Waals surface area contributed by atoms with Crippen LogP contribution in [0, 0.1) is 5.41 Å². The van der Waals surface area contributed by atoms with Crippen LogP contribution in [0.1, 0.15) is 118 Å². The van der Waals surface area contributed by atoms with E-state index in [9.17, 15) is 24.0 Å². The van der Waals surface area contributed by atoms with Crippen LogP contribution in [0.2, 0.25) is 0 Å². The molecule has 10 heteroatoms. The smallest absolute Gasteiger partial charge is 0.303 e. The lowest BCUT2D eigenvalue weighted by molar-refractivity contribution is -0.166. The van der Waals surface area contributed by atoms with Crippen molar-refractivity contribution in [2.45, 2.75) is 124 Å². The molecule has 10 nitrogen and oxygen atoms in total. The van der Waals surface area contributed by atoms with Crippen molar-refractivity contribution in [3.8, 4) is 0 Å². The highest BCUT2D eigenvalue weighted by molar-refractivity contribution is 5.85. The standard InChI is InChI=1S/C35H59N3O7/c1-6-7-8-9-10-11-12-13-14-15-16-17-18-19-20-21-31(41)37-24-26-38(27-25-37)32(42)22-23-36-34(43)33(45-30(3)40)35(4,5)28-44-29(2)39/h7-8,10-11,33H,6,9,12-28H2,1-5H3,(H,36,43). The van der Waals surface area contributed by atoms with E-state index in [1.54, 1.807) is 18.7 Å². The number of rotatable bonds is 22. The minimum atomic E-state index is -1.18. The summed E-state index contributed by atoms with van der Waals surface area (Å²) < 4.78 is 10.3. The maximum absolute atomic E-state index is 12.8. The van der Waals surface area contributed by atoms with Gasteiger partial charge in [-0.2, -0.15) is 0 Å². The zero-order valence-electron chi connectivity index (χ0n) is 28.6. The fourth-order valence-corrected chi connectivity index (χ4v) is 5.16. The van der Waals surface area contributed by atoms with Crippen molar-refractivity contribution in [2.75, 3.05) is 39.3 Å². The molecule has 1 fully saturated rings. The number of esters is 2. The van der Waals surface area contributed by atoms with Crippen LogP contribution in [0.25, 0.3) is 0 Å². The van der Waals surface area contributed by atoms with Gasteiger partial charge in [-0.1, -0.05) is 83.6 Å². The molecule has 0 spiro atoms. The first-order chi connectivity index (χ1) is 21.5. The fourth-order valence-electron chi connectivity index (χ4n) is 5.16. The van der Waals surface area contributed by atoms with Gasteiger partial charge < -0.3 is 24.6 Å². The first-order valence-electron chi connectivity index (χ1n) is 16.9. The Bertz CT molecular complexity index is 968. The number of nitrogens with one attached hydrogen (secondary N) is 1. The number of hydrogen-bond acceptors (Lipinski definition) is 7. The summed E-state index contributed by atoms with van der Waals surface area (Å²) in [5.74, 6) is -1.65. The van der Waals surface area contributed by atoms with Gasteiger partial charge in [0.05, 0.1) is 0 Å². The average molecular weight is 634 g/mol. The summed E-state index contributed by atoms with van der Waals surface area (Å²) in [7, 11) is 0. The Morgan fingerprint density at radius 1 is 0.733 bits per heavy atom. The van der Waals surface area contributed by atoms with Crippen molar-refractivity contribution >= 4 is 29.7 Å². The second-order valence-corrected chi connectivity index (χ2v) is 12.5. The van der Waals surface area contributed by atoms with Crippen LogP contribution in [0.15, 0.2) is 24.3 Å². The van der Waals surface area contributed by atoms with Crippen molar-refractivity contribution in [2.24, 2.45) is 5.41 Å². The minimum absolute atomic E-state index is 0.0762. The van der Waals surface area contributed by atoms with Gasteiger partial charge >= 0.3 is 11.9 Å². The third kappa shape index (κ3) is 18.4. The van der Waals surface area contributed by atoms with Gasteiger partial charge in [0.2, 0.25) is 11.8 Å². The zero-order valence-corrected chi connectivity index (χ0v) is 28.6. The molecule has 45 heavy (non-hydrogen) atoms. The second kappa shape index (κ2) is 23.2. The van der Waals surface area contributed by atoms with E-state index >= 15 is 0 Å². The maximum atomic E-state index is 12.8. The predicted octanol–water partition coefficient (Wildman–Crippen LogP) is 5.50. The molecule has 0 aliphatic carbocycles. The Hall–Kier alpha value is -3.17. The van der Waals surface area contributed by atoms with Crippen molar-refractivity contribution in [1.82, 2.24) is 15.1 Å². The zero-order chi connectivity index (χ0) is 33.5. The van der Waals surface area contributed by atoms with Gasteiger partial charge in [0.25, 0.3) is 5.91 Å². The molecule has 1 heterocycles. The third-order valence-corrected chi connectivity index (χ3v) is 7.85. The van der Waals surface area contributed by atoms with Gasteiger partial charge in [-0.05, 0) is 32.1 Å². The minimum Gasteiger partial charge on any atom is -0.465 e. The molecule has 0 aromatic rings. The number of allylic oxidation sites excluding steroid dienone is 4. The molecule has 0 aromatic heterocycles. The number of carbonyl (C=O) groups excluding carboxylic acids is 5. The van der Waals surface area contributed by atoms with Gasteiger partial charge in [-0.25, -0.2) is 0 Å².